The van der Waals surface area contributed by atoms with Crippen LogP contribution in [0.25, 0.3) is 0 Å². The quantitative estimate of drug-likeness (QED) is 0.210. The van der Waals surface area contributed by atoms with E-state index in [4.69, 9.17) is 23.7 Å². The van der Waals surface area contributed by atoms with Crippen LogP contribution in [-0.4, -0.2) is 64.1 Å². The molecule has 2 aliphatic heterocycles. The molecule has 0 bridgehead atoms. The molecule has 0 aromatic carbocycles. The molecule has 202 valence electrons. The Morgan fingerprint density at radius 2 is 1.34 bits per heavy atom. The fraction of sp³-hybridized carbons (Fsp3) is 1.00. The lowest BCUT2D eigenvalue weighted by Gasteiger charge is -2.38. The average Bonchev–Trinajstić information content (AvgIpc) is 3.65. The van der Waals surface area contributed by atoms with Gasteiger partial charge in [0.2, 0.25) is 0 Å². The van der Waals surface area contributed by atoms with E-state index >= 15 is 0 Å². The number of unbranched alkanes of at least 4 members (excludes halogenated alkanes) is 3. The summed E-state index contributed by atoms with van der Waals surface area (Å²) >= 11 is 0. The van der Waals surface area contributed by atoms with Crippen molar-refractivity contribution in [3.05, 3.63) is 0 Å². The van der Waals surface area contributed by atoms with E-state index in [2.05, 4.69) is 6.92 Å². The van der Waals surface area contributed by atoms with Gasteiger partial charge in [0, 0.05) is 25.2 Å². The number of ether oxygens (including phenoxy) is 5. The fourth-order valence-electron chi connectivity index (χ4n) is 7.13. The smallest absolute Gasteiger partial charge is 0.0845 e. The van der Waals surface area contributed by atoms with Crippen molar-refractivity contribution in [2.75, 3.05) is 39.6 Å². The molecule has 0 radical (unpaired) electrons. The summed E-state index contributed by atoms with van der Waals surface area (Å²) in [4.78, 5) is 0. The molecule has 35 heavy (non-hydrogen) atoms. The lowest BCUT2D eigenvalue weighted by atomic mass is 9.72. The van der Waals surface area contributed by atoms with Gasteiger partial charge in [-0.15, -0.1) is 0 Å². The van der Waals surface area contributed by atoms with Crippen LogP contribution in [0.5, 0.6) is 0 Å². The Labute approximate surface area is 214 Å². The first-order valence-electron chi connectivity index (χ1n) is 15.2. The van der Waals surface area contributed by atoms with Gasteiger partial charge in [-0.1, -0.05) is 19.8 Å². The van der Waals surface area contributed by atoms with Crippen LogP contribution in [0.4, 0.5) is 0 Å². The zero-order valence-electron chi connectivity index (χ0n) is 22.4. The van der Waals surface area contributed by atoms with Gasteiger partial charge in [0.15, 0.2) is 0 Å². The molecular weight excluding hydrogens is 440 g/mol. The molecule has 0 N–H and O–H groups in total. The third kappa shape index (κ3) is 8.14. The molecule has 0 aromatic rings. The summed E-state index contributed by atoms with van der Waals surface area (Å²) in [7, 11) is 0. The largest absolute Gasteiger partial charge is 0.381 e. The summed E-state index contributed by atoms with van der Waals surface area (Å²) in [5, 5.41) is 0. The zero-order valence-corrected chi connectivity index (χ0v) is 22.4. The van der Waals surface area contributed by atoms with Crippen LogP contribution in [0.1, 0.15) is 103 Å². The van der Waals surface area contributed by atoms with Crippen LogP contribution < -0.4 is 0 Å². The minimum absolute atomic E-state index is 0.283. The second kappa shape index (κ2) is 13.0. The highest BCUT2D eigenvalue weighted by molar-refractivity contribution is 4.92. The molecule has 0 amide bonds. The molecule has 0 aromatic heterocycles. The van der Waals surface area contributed by atoms with Crippen molar-refractivity contribution in [3.8, 4) is 0 Å². The van der Waals surface area contributed by atoms with E-state index in [-0.39, 0.29) is 5.41 Å². The first-order valence-corrected chi connectivity index (χ1v) is 15.2. The van der Waals surface area contributed by atoms with Crippen molar-refractivity contribution in [3.63, 3.8) is 0 Å². The highest BCUT2D eigenvalue weighted by Gasteiger charge is 2.44. The van der Waals surface area contributed by atoms with Crippen molar-refractivity contribution >= 4 is 0 Å². The molecule has 2 heterocycles. The minimum atomic E-state index is 0.283. The number of epoxide rings is 1. The van der Waals surface area contributed by atoms with Gasteiger partial charge in [-0.25, -0.2) is 0 Å². The molecule has 0 spiro atoms. The summed E-state index contributed by atoms with van der Waals surface area (Å²) in [6.07, 6.45) is 21.6. The standard InChI is InChI=1S/C30H52O5/c1-30(21-32-22-30)20-31-16-4-2-3-5-17-33-26-11-7-24(8-12-26)25-9-13-27(14-10-25)34-19-23-6-15-28-29(18-23)35-28/h23-29H,2-22H2,1H3. The maximum Gasteiger partial charge on any atom is 0.0845 e. The van der Waals surface area contributed by atoms with Crippen LogP contribution in [0.15, 0.2) is 0 Å². The van der Waals surface area contributed by atoms with Crippen LogP contribution in [0, 0.1) is 23.2 Å². The molecule has 3 aliphatic carbocycles. The van der Waals surface area contributed by atoms with Crippen LogP contribution in [0.2, 0.25) is 0 Å². The summed E-state index contributed by atoms with van der Waals surface area (Å²) < 4.78 is 29.4. The van der Waals surface area contributed by atoms with Crippen molar-refractivity contribution in [2.45, 2.75) is 128 Å². The molecular formula is C30H52O5. The van der Waals surface area contributed by atoms with E-state index in [0.717, 1.165) is 57.4 Å². The average molecular weight is 493 g/mol. The predicted molar refractivity (Wildman–Crippen MR) is 138 cm³/mol. The number of hydrogen-bond acceptors (Lipinski definition) is 5. The molecule has 5 heteroatoms. The van der Waals surface area contributed by atoms with Crippen molar-refractivity contribution in [1.29, 1.82) is 0 Å². The van der Waals surface area contributed by atoms with Crippen LogP contribution in [0.3, 0.4) is 0 Å². The summed E-state index contributed by atoms with van der Waals surface area (Å²) in [5.41, 5.74) is 0.283. The molecule has 5 fully saturated rings. The van der Waals surface area contributed by atoms with Crippen molar-refractivity contribution in [2.24, 2.45) is 23.2 Å². The van der Waals surface area contributed by atoms with E-state index in [1.54, 1.807) is 0 Å². The molecule has 3 saturated carbocycles. The van der Waals surface area contributed by atoms with Gasteiger partial charge < -0.3 is 23.7 Å². The van der Waals surface area contributed by atoms with Gasteiger partial charge in [0.05, 0.1) is 44.2 Å². The second-order valence-corrected chi connectivity index (χ2v) is 12.9. The lowest BCUT2D eigenvalue weighted by molar-refractivity contribution is -0.137. The van der Waals surface area contributed by atoms with E-state index in [1.165, 1.54) is 96.3 Å². The SMILES string of the molecule is CC1(COCCCCCCOC2CCC(C3CCC(OCC4CCC5OC5C4)CC3)CC2)COC1. The Balaban J connectivity index is 0.836. The monoisotopic (exact) mass is 492 g/mol. The van der Waals surface area contributed by atoms with Crippen LogP contribution >= 0.6 is 0 Å². The van der Waals surface area contributed by atoms with Crippen LogP contribution in [-0.2, 0) is 23.7 Å². The summed E-state index contributed by atoms with van der Waals surface area (Å²) in [5.74, 6) is 2.63. The van der Waals surface area contributed by atoms with E-state index < -0.39 is 0 Å². The van der Waals surface area contributed by atoms with Crippen molar-refractivity contribution in [1.82, 2.24) is 0 Å². The highest BCUT2D eigenvalue weighted by Crippen LogP contribution is 2.41. The topological polar surface area (TPSA) is 49.5 Å². The third-order valence-corrected chi connectivity index (χ3v) is 9.67. The first kappa shape index (κ1) is 26.4. The van der Waals surface area contributed by atoms with Crippen molar-refractivity contribution < 1.29 is 23.7 Å². The van der Waals surface area contributed by atoms with E-state index in [1.807, 2.05) is 0 Å². The van der Waals surface area contributed by atoms with E-state index in [9.17, 15) is 0 Å². The lowest BCUT2D eigenvalue weighted by Crippen LogP contribution is -2.43. The van der Waals surface area contributed by atoms with Gasteiger partial charge in [0.1, 0.15) is 0 Å². The molecule has 3 unspecified atom stereocenters. The molecule has 2 saturated heterocycles. The number of hydrogen-bond donors (Lipinski definition) is 0. The van der Waals surface area contributed by atoms with E-state index in [0.29, 0.717) is 24.4 Å². The second-order valence-electron chi connectivity index (χ2n) is 12.9. The van der Waals surface area contributed by atoms with Gasteiger partial charge in [-0.2, -0.15) is 0 Å². The van der Waals surface area contributed by atoms with Gasteiger partial charge in [-0.3, -0.25) is 0 Å². The molecule has 5 nitrogen and oxygen atoms in total. The summed E-state index contributed by atoms with van der Waals surface area (Å²) in [6.45, 7) is 7.64. The minimum Gasteiger partial charge on any atom is -0.381 e. The Morgan fingerprint density at radius 1 is 0.686 bits per heavy atom. The zero-order chi connectivity index (χ0) is 23.9. The fourth-order valence-corrected chi connectivity index (χ4v) is 7.13. The Hall–Kier alpha value is -0.200. The summed E-state index contributed by atoms with van der Waals surface area (Å²) in [6, 6.07) is 0. The maximum absolute atomic E-state index is 6.37. The molecule has 5 aliphatic rings. The number of rotatable bonds is 14. The Kier molecular flexibility index (Phi) is 9.84. The van der Waals surface area contributed by atoms with Gasteiger partial charge >= 0.3 is 0 Å². The van der Waals surface area contributed by atoms with Gasteiger partial charge in [0.25, 0.3) is 0 Å². The Morgan fingerprint density at radius 3 is 1.97 bits per heavy atom. The normalized spacial score (nSPS) is 38.5. The maximum atomic E-state index is 6.37. The Bertz CT molecular complexity index is 606. The molecule has 5 rings (SSSR count). The first-order chi connectivity index (χ1) is 17.2. The third-order valence-electron chi connectivity index (χ3n) is 9.67. The predicted octanol–water partition coefficient (Wildman–Crippen LogP) is 6.32. The van der Waals surface area contributed by atoms with Gasteiger partial charge in [-0.05, 0) is 101 Å². The number of fused-ring (bicyclic) bond motifs is 1. The molecule has 3 atom stereocenters. The highest BCUT2D eigenvalue weighted by atomic mass is 16.6.